The second-order valence-electron chi connectivity index (χ2n) is 12.9. The van der Waals surface area contributed by atoms with Crippen LogP contribution in [0, 0.1) is 17.8 Å². The minimum atomic E-state index is -1.16. The lowest BCUT2D eigenvalue weighted by Crippen LogP contribution is -2.56. The van der Waals surface area contributed by atoms with Crippen molar-refractivity contribution >= 4 is 34.6 Å². The molecule has 3 amide bonds. The molecule has 0 unspecified atom stereocenters. The Hall–Kier alpha value is -4.44. The third kappa shape index (κ3) is 8.68. The van der Waals surface area contributed by atoms with Crippen molar-refractivity contribution in [1.29, 1.82) is 0 Å². The predicted molar refractivity (Wildman–Crippen MR) is 181 cm³/mol. The van der Waals surface area contributed by atoms with Crippen LogP contribution in [0.1, 0.15) is 58.2 Å². The molecular weight excluding hydrogens is 596 g/mol. The van der Waals surface area contributed by atoms with Gasteiger partial charge in [-0.3, -0.25) is 14.4 Å². The van der Waals surface area contributed by atoms with Crippen molar-refractivity contribution in [3.05, 3.63) is 83.6 Å². The highest BCUT2D eigenvalue weighted by molar-refractivity contribution is 5.93. The molecule has 0 saturated heterocycles. The van der Waals surface area contributed by atoms with E-state index in [1.54, 1.807) is 26.1 Å². The van der Waals surface area contributed by atoms with Crippen LogP contribution in [0.4, 0.5) is 0 Å². The Kier molecular flexibility index (Phi) is 12.0. The zero-order valence-electron chi connectivity index (χ0n) is 28.4. The third-order valence-electron chi connectivity index (χ3n) is 9.19. The normalized spacial score (nSPS) is 28.7. The number of methoxy groups -OCH3 is 1. The number of allylic oxidation sites excluding steroid dienone is 2. The number of likely N-dealkylation sites (N-methyl/N-ethyl adjacent to an activating group) is 1. The Morgan fingerprint density at radius 2 is 1.60 bits per heavy atom. The number of esters is 1. The Labute approximate surface area is 277 Å². The van der Waals surface area contributed by atoms with Gasteiger partial charge in [0.1, 0.15) is 12.1 Å². The number of aromatic nitrogens is 1. The summed E-state index contributed by atoms with van der Waals surface area (Å²) in [6, 6.07) is 14.0. The number of fused-ring (bicyclic) bond motifs is 1. The number of rotatable bonds is 4. The summed E-state index contributed by atoms with van der Waals surface area (Å²) in [5, 5.41) is 6.82. The first-order valence-electron chi connectivity index (χ1n) is 16.2. The summed E-state index contributed by atoms with van der Waals surface area (Å²) in [7, 11) is 2.97. The zero-order chi connectivity index (χ0) is 34.2. The fourth-order valence-electron chi connectivity index (χ4n) is 6.11. The van der Waals surface area contributed by atoms with Crippen LogP contribution in [-0.2, 0) is 35.1 Å². The van der Waals surface area contributed by atoms with Gasteiger partial charge < -0.3 is 30.0 Å². The molecule has 0 bridgehead atoms. The number of H-pyrrole nitrogens is 1. The number of ether oxygens (including phenoxy) is 2. The summed E-state index contributed by atoms with van der Waals surface area (Å²) in [5.74, 6) is -2.09. The van der Waals surface area contributed by atoms with E-state index in [0.717, 1.165) is 22.0 Å². The first-order valence-corrected chi connectivity index (χ1v) is 16.2. The van der Waals surface area contributed by atoms with E-state index in [-0.39, 0.29) is 36.7 Å². The molecule has 3 aromatic rings. The van der Waals surface area contributed by atoms with Gasteiger partial charge in [0.15, 0.2) is 6.10 Å². The van der Waals surface area contributed by atoms with Crippen molar-refractivity contribution in [3.8, 4) is 0 Å². The average molecular weight is 645 g/mol. The summed E-state index contributed by atoms with van der Waals surface area (Å²) in [4.78, 5) is 59.6. The molecule has 1 aliphatic rings. The number of hydrogen-bond donors (Lipinski definition) is 3. The van der Waals surface area contributed by atoms with Crippen LogP contribution < -0.4 is 10.6 Å². The monoisotopic (exact) mass is 644 g/mol. The summed E-state index contributed by atoms with van der Waals surface area (Å²) < 4.78 is 11.5. The van der Waals surface area contributed by atoms with Crippen LogP contribution in [0.25, 0.3) is 10.9 Å². The number of amides is 3. The maximum atomic E-state index is 14.4. The van der Waals surface area contributed by atoms with Crippen LogP contribution in [0.2, 0.25) is 0 Å². The molecule has 4 rings (SSSR count). The quantitative estimate of drug-likeness (QED) is 0.279. The van der Waals surface area contributed by atoms with Crippen molar-refractivity contribution in [3.63, 3.8) is 0 Å². The van der Waals surface area contributed by atoms with E-state index in [9.17, 15) is 19.2 Å². The topological polar surface area (TPSA) is 130 Å². The van der Waals surface area contributed by atoms with E-state index < -0.39 is 42.0 Å². The lowest BCUT2D eigenvalue weighted by atomic mass is 9.91. The van der Waals surface area contributed by atoms with E-state index in [4.69, 9.17) is 9.47 Å². The SMILES string of the molecule is CO[C@@H]1C(=O)OC[C@H](C)[C@H](C)/C=C(\C)C[C@H](C)C(=O)N[C@@H](C)C(=O)N(C)[C@H](Cc2c[nH]c3ccccc23)C(=O)N[C@H]1c1ccccc1. The van der Waals surface area contributed by atoms with E-state index in [1.165, 1.54) is 12.0 Å². The van der Waals surface area contributed by atoms with Crippen molar-refractivity contribution in [2.24, 2.45) is 17.8 Å². The minimum absolute atomic E-state index is 0.0192. The van der Waals surface area contributed by atoms with Gasteiger partial charge in [0.2, 0.25) is 17.7 Å². The van der Waals surface area contributed by atoms with Gasteiger partial charge in [-0.15, -0.1) is 0 Å². The van der Waals surface area contributed by atoms with E-state index in [1.807, 2.05) is 76.4 Å². The van der Waals surface area contributed by atoms with Crippen LogP contribution in [0.5, 0.6) is 0 Å². The van der Waals surface area contributed by atoms with Gasteiger partial charge in [-0.1, -0.05) is 81.0 Å². The molecule has 2 aromatic carbocycles. The van der Waals surface area contributed by atoms with Gasteiger partial charge in [-0.2, -0.15) is 0 Å². The van der Waals surface area contributed by atoms with Gasteiger partial charge in [-0.25, -0.2) is 4.79 Å². The predicted octanol–water partition coefficient (Wildman–Crippen LogP) is 4.72. The summed E-state index contributed by atoms with van der Waals surface area (Å²) in [6.07, 6.45) is 3.46. The largest absolute Gasteiger partial charge is 0.463 e. The molecule has 47 heavy (non-hydrogen) atoms. The number of aromatic amines is 1. The summed E-state index contributed by atoms with van der Waals surface area (Å²) in [5.41, 5.74) is 3.41. The van der Waals surface area contributed by atoms with Crippen LogP contribution in [0.15, 0.2) is 72.4 Å². The lowest BCUT2D eigenvalue weighted by molar-refractivity contribution is -0.159. The van der Waals surface area contributed by atoms with Crippen molar-refractivity contribution in [1.82, 2.24) is 20.5 Å². The molecule has 1 aromatic heterocycles. The number of carbonyl (C=O) groups is 4. The number of benzene rings is 2. The fraction of sp³-hybridized carbons (Fsp3) is 0.459. The molecule has 1 aliphatic heterocycles. The van der Waals surface area contributed by atoms with E-state index in [0.29, 0.717) is 12.0 Å². The number of para-hydroxylation sites is 1. The molecule has 10 heteroatoms. The van der Waals surface area contributed by atoms with E-state index in [2.05, 4.69) is 21.7 Å². The Morgan fingerprint density at radius 1 is 0.915 bits per heavy atom. The summed E-state index contributed by atoms with van der Waals surface area (Å²) in [6.45, 7) is 9.61. The van der Waals surface area contributed by atoms with Crippen molar-refractivity contribution in [2.75, 3.05) is 20.8 Å². The zero-order valence-corrected chi connectivity index (χ0v) is 28.4. The second kappa shape index (κ2) is 15.9. The van der Waals surface area contributed by atoms with Gasteiger partial charge in [0.25, 0.3) is 0 Å². The first-order chi connectivity index (χ1) is 22.4. The molecule has 0 fully saturated rings. The molecule has 0 aliphatic carbocycles. The maximum absolute atomic E-state index is 14.4. The van der Waals surface area contributed by atoms with Gasteiger partial charge in [-0.05, 0) is 49.3 Å². The van der Waals surface area contributed by atoms with Crippen LogP contribution in [0.3, 0.4) is 0 Å². The van der Waals surface area contributed by atoms with Gasteiger partial charge in [0, 0.05) is 43.6 Å². The second-order valence-corrected chi connectivity index (χ2v) is 12.9. The van der Waals surface area contributed by atoms with Crippen molar-refractivity contribution in [2.45, 2.75) is 71.7 Å². The van der Waals surface area contributed by atoms with Crippen molar-refractivity contribution < 1.29 is 28.7 Å². The highest BCUT2D eigenvalue weighted by atomic mass is 16.6. The fourth-order valence-corrected chi connectivity index (χ4v) is 6.11. The third-order valence-corrected chi connectivity index (χ3v) is 9.19. The Bertz CT molecular complexity index is 1580. The Balaban J connectivity index is 1.76. The van der Waals surface area contributed by atoms with Crippen LogP contribution >= 0.6 is 0 Å². The smallest absolute Gasteiger partial charge is 0.337 e. The number of nitrogens with zero attached hydrogens (tertiary/aromatic N) is 1. The van der Waals surface area contributed by atoms with Crippen LogP contribution in [-0.4, -0.2) is 72.5 Å². The molecule has 3 N–H and O–H groups in total. The highest BCUT2D eigenvalue weighted by Gasteiger charge is 2.37. The first kappa shape index (κ1) is 35.4. The molecular formula is C37H48N4O6. The number of hydrogen-bond acceptors (Lipinski definition) is 6. The van der Waals surface area contributed by atoms with Gasteiger partial charge in [0.05, 0.1) is 12.6 Å². The minimum Gasteiger partial charge on any atom is -0.463 e. The number of cyclic esters (lactones) is 1. The maximum Gasteiger partial charge on any atom is 0.337 e. The van der Waals surface area contributed by atoms with Gasteiger partial charge >= 0.3 is 5.97 Å². The molecule has 7 atom stereocenters. The molecule has 10 nitrogen and oxygen atoms in total. The molecule has 0 radical (unpaired) electrons. The molecule has 2 heterocycles. The molecule has 0 saturated carbocycles. The average Bonchev–Trinajstić information content (AvgIpc) is 3.47. The number of carbonyl (C=O) groups excluding carboxylic acids is 4. The molecule has 252 valence electrons. The Morgan fingerprint density at radius 3 is 2.30 bits per heavy atom. The summed E-state index contributed by atoms with van der Waals surface area (Å²) >= 11 is 0. The lowest BCUT2D eigenvalue weighted by Gasteiger charge is -2.33. The number of nitrogens with one attached hydrogen (secondary N) is 3. The standard InChI is InChI=1S/C37H48N4O6/c1-22-17-23(2)25(4)21-47-37(45)33(46-7)32(27-13-9-8-10-14-27)40-35(43)31(19-28-20-38-30-16-12-11-15-29(28)30)41(6)36(44)26(5)39-34(42)24(3)18-22/h8-17,20,23-26,31-33,38H,18-19,21H2,1-7H3,(H,39,42)(H,40,43)/b22-17+/t23-,24+,25+,26+,31-,32+,33+/m1/s1. The highest BCUT2D eigenvalue weighted by Crippen LogP contribution is 2.25. The van der Waals surface area contributed by atoms with E-state index >= 15 is 0 Å². The molecule has 0 spiro atoms.